The van der Waals surface area contributed by atoms with Crippen LogP contribution in [0.1, 0.15) is 36.0 Å². The second-order valence-electron chi connectivity index (χ2n) is 5.55. The number of rotatable bonds is 4. The van der Waals surface area contributed by atoms with Crippen LogP contribution >= 0.6 is 0 Å². The van der Waals surface area contributed by atoms with Crippen molar-refractivity contribution in [2.24, 2.45) is 0 Å². The summed E-state index contributed by atoms with van der Waals surface area (Å²) in [5, 5.41) is 1.75. The van der Waals surface area contributed by atoms with Crippen LogP contribution < -0.4 is 9.47 Å². The highest BCUT2D eigenvalue weighted by atomic mass is 16.5. The summed E-state index contributed by atoms with van der Waals surface area (Å²) in [5.74, 6) is 1.04. The van der Waals surface area contributed by atoms with E-state index in [9.17, 15) is 4.79 Å². The van der Waals surface area contributed by atoms with Gasteiger partial charge in [0.2, 0.25) is 0 Å². The molecule has 0 radical (unpaired) electrons. The van der Waals surface area contributed by atoms with Gasteiger partial charge in [0.25, 0.3) is 0 Å². The predicted octanol–water partition coefficient (Wildman–Crippen LogP) is 3.96. The monoisotopic (exact) mass is 300 g/mol. The molecule has 1 fully saturated rings. The van der Waals surface area contributed by atoms with Crippen molar-refractivity contribution in [3.8, 4) is 11.5 Å². The summed E-state index contributed by atoms with van der Waals surface area (Å²) in [6, 6.07) is 9.36. The van der Waals surface area contributed by atoms with Gasteiger partial charge in [-0.25, -0.2) is 4.79 Å². The number of hydrogen-bond acceptors (Lipinski definition) is 4. The highest BCUT2D eigenvalue weighted by Gasteiger charge is 2.20. The Morgan fingerprint density at radius 1 is 1.09 bits per heavy atom. The largest absolute Gasteiger partial charge is 0.493 e. The maximum absolute atomic E-state index is 11.9. The Morgan fingerprint density at radius 2 is 1.86 bits per heavy atom. The van der Waals surface area contributed by atoms with Crippen LogP contribution in [0, 0.1) is 0 Å². The molecule has 2 aromatic rings. The molecule has 0 aliphatic heterocycles. The third-order valence-electron chi connectivity index (χ3n) is 4.17. The molecule has 1 saturated carbocycles. The average Bonchev–Trinajstić information content (AvgIpc) is 3.05. The number of esters is 1. The number of carbonyl (C=O) groups is 1. The fourth-order valence-corrected chi connectivity index (χ4v) is 3.01. The van der Waals surface area contributed by atoms with Crippen molar-refractivity contribution in [3.63, 3.8) is 0 Å². The molecule has 0 spiro atoms. The van der Waals surface area contributed by atoms with E-state index in [4.69, 9.17) is 14.2 Å². The Bertz CT molecular complexity index is 687. The van der Waals surface area contributed by atoms with Gasteiger partial charge in [0.05, 0.1) is 25.9 Å². The van der Waals surface area contributed by atoms with Crippen molar-refractivity contribution in [2.45, 2.75) is 31.8 Å². The standard InChI is InChI=1S/C18H20O4/c1-20-16-11-15-12(6-5-9-14(15)18(19)21-2)10-17(16)22-13-7-3-4-8-13/h5-6,9-11,13H,3-4,7-8H2,1-2H3. The highest BCUT2D eigenvalue weighted by molar-refractivity contribution is 6.05. The van der Waals surface area contributed by atoms with Gasteiger partial charge >= 0.3 is 5.97 Å². The first-order valence-corrected chi connectivity index (χ1v) is 7.58. The summed E-state index contributed by atoms with van der Waals surface area (Å²) in [6.07, 6.45) is 4.86. The quantitative estimate of drug-likeness (QED) is 0.802. The number of hydrogen-bond donors (Lipinski definition) is 0. The van der Waals surface area contributed by atoms with Crippen LogP contribution in [0.25, 0.3) is 10.8 Å². The molecule has 0 bridgehead atoms. The molecular weight excluding hydrogens is 280 g/mol. The minimum atomic E-state index is -0.350. The number of carbonyl (C=O) groups excluding carboxylic acids is 1. The van der Waals surface area contributed by atoms with Crippen LogP contribution in [0.5, 0.6) is 11.5 Å². The predicted molar refractivity (Wildman–Crippen MR) is 84.7 cm³/mol. The zero-order chi connectivity index (χ0) is 15.5. The molecule has 0 saturated heterocycles. The van der Waals surface area contributed by atoms with Crippen molar-refractivity contribution in [1.29, 1.82) is 0 Å². The molecule has 4 heteroatoms. The second kappa shape index (κ2) is 6.26. The number of fused-ring (bicyclic) bond motifs is 1. The average molecular weight is 300 g/mol. The van der Waals surface area contributed by atoms with Crippen molar-refractivity contribution < 1.29 is 19.0 Å². The molecule has 4 nitrogen and oxygen atoms in total. The lowest BCUT2D eigenvalue weighted by molar-refractivity contribution is 0.0603. The molecule has 0 N–H and O–H groups in total. The summed E-state index contributed by atoms with van der Waals surface area (Å²) in [5.41, 5.74) is 0.533. The van der Waals surface area contributed by atoms with Crippen molar-refractivity contribution in [1.82, 2.24) is 0 Å². The van der Waals surface area contributed by atoms with E-state index in [1.165, 1.54) is 20.0 Å². The summed E-state index contributed by atoms with van der Waals surface area (Å²) in [7, 11) is 3.00. The normalized spacial score (nSPS) is 15.0. The Morgan fingerprint density at radius 3 is 2.55 bits per heavy atom. The molecule has 0 aromatic heterocycles. The van der Waals surface area contributed by atoms with Gasteiger partial charge in [0.1, 0.15) is 0 Å². The van der Waals surface area contributed by atoms with Crippen molar-refractivity contribution >= 4 is 16.7 Å². The third kappa shape index (κ3) is 2.73. The van der Waals surface area contributed by atoms with Gasteiger partial charge in [-0.15, -0.1) is 0 Å². The van der Waals surface area contributed by atoms with Crippen LogP contribution in [-0.4, -0.2) is 26.3 Å². The molecule has 0 amide bonds. The van der Waals surface area contributed by atoms with Crippen LogP contribution in [0.3, 0.4) is 0 Å². The van der Waals surface area contributed by atoms with E-state index in [1.807, 2.05) is 24.3 Å². The van der Waals surface area contributed by atoms with Crippen LogP contribution in [-0.2, 0) is 4.74 Å². The van der Waals surface area contributed by atoms with Crippen molar-refractivity contribution in [2.75, 3.05) is 14.2 Å². The summed E-state index contributed by atoms with van der Waals surface area (Å²) < 4.78 is 16.4. The molecule has 1 aliphatic rings. The molecule has 2 aromatic carbocycles. The first kappa shape index (κ1) is 14.7. The minimum absolute atomic E-state index is 0.259. The Balaban J connectivity index is 2.05. The van der Waals surface area contributed by atoms with Crippen LogP contribution in [0.15, 0.2) is 30.3 Å². The maximum atomic E-state index is 11.9. The second-order valence-corrected chi connectivity index (χ2v) is 5.55. The van der Waals surface area contributed by atoms with Gasteiger partial charge in [0.15, 0.2) is 11.5 Å². The third-order valence-corrected chi connectivity index (χ3v) is 4.17. The van der Waals surface area contributed by atoms with E-state index in [1.54, 1.807) is 13.2 Å². The van der Waals surface area contributed by atoms with Crippen LogP contribution in [0.4, 0.5) is 0 Å². The Kier molecular flexibility index (Phi) is 4.18. The van der Waals surface area contributed by atoms with Gasteiger partial charge in [-0.3, -0.25) is 0 Å². The zero-order valence-corrected chi connectivity index (χ0v) is 12.9. The van der Waals surface area contributed by atoms with Gasteiger partial charge < -0.3 is 14.2 Å². The first-order valence-electron chi connectivity index (χ1n) is 7.58. The highest BCUT2D eigenvalue weighted by Crippen LogP contribution is 2.36. The fourth-order valence-electron chi connectivity index (χ4n) is 3.01. The first-order chi connectivity index (χ1) is 10.7. The molecule has 0 unspecified atom stereocenters. The zero-order valence-electron chi connectivity index (χ0n) is 12.9. The summed E-state index contributed by atoms with van der Waals surface area (Å²) in [4.78, 5) is 11.9. The Labute approximate surface area is 130 Å². The molecule has 22 heavy (non-hydrogen) atoms. The fraction of sp³-hybridized carbons (Fsp3) is 0.389. The molecule has 1 aliphatic carbocycles. The van der Waals surface area contributed by atoms with E-state index in [-0.39, 0.29) is 12.1 Å². The Hall–Kier alpha value is -2.23. The number of ether oxygens (including phenoxy) is 3. The lowest BCUT2D eigenvalue weighted by atomic mass is 10.0. The lowest BCUT2D eigenvalue weighted by Gasteiger charge is -2.17. The van der Waals surface area contributed by atoms with Gasteiger partial charge in [-0.2, -0.15) is 0 Å². The molecule has 0 atom stereocenters. The van der Waals surface area contributed by atoms with E-state index < -0.39 is 0 Å². The summed E-state index contributed by atoms with van der Waals surface area (Å²) in [6.45, 7) is 0. The van der Waals surface area contributed by atoms with Gasteiger partial charge in [-0.05, 0) is 49.3 Å². The molecule has 116 valence electrons. The molecular formula is C18H20O4. The lowest BCUT2D eigenvalue weighted by Crippen LogP contribution is -2.11. The number of benzene rings is 2. The minimum Gasteiger partial charge on any atom is -0.493 e. The van der Waals surface area contributed by atoms with Gasteiger partial charge in [-0.1, -0.05) is 12.1 Å². The van der Waals surface area contributed by atoms with E-state index in [0.717, 1.165) is 29.4 Å². The van der Waals surface area contributed by atoms with Crippen molar-refractivity contribution in [3.05, 3.63) is 35.9 Å². The maximum Gasteiger partial charge on any atom is 0.338 e. The SMILES string of the molecule is COC(=O)c1cccc2cc(OC3CCCC3)c(OC)cc12. The van der Waals surface area contributed by atoms with E-state index in [0.29, 0.717) is 11.3 Å². The molecule has 3 rings (SSSR count). The van der Waals surface area contributed by atoms with Gasteiger partial charge in [0, 0.05) is 5.39 Å². The van der Waals surface area contributed by atoms with E-state index >= 15 is 0 Å². The summed E-state index contributed by atoms with van der Waals surface area (Å²) >= 11 is 0. The smallest absolute Gasteiger partial charge is 0.338 e. The molecule has 0 heterocycles. The topological polar surface area (TPSA) is 44.8 Å². The van der Waals surface area contributed by atoms with E-state index in [2.05, 4.69) is 0 Å². The number of methoxy groups -OCH3 is 2. The van der Waals surface area contributed by atoms with Crippen LogP contribution in [0.2, 0.25) is 0 Å².